The Labute approximate surface area is 225 Å². The van der Waals surface area contributed by atoms with Crippen molar-refractivity contribution < 1.29 is 9.59 Å². The number of likely N-dealkylation sites (N-methyl/N-ethyl adjacent to an activating group) is 2. The molecule has 0 unspecified atom stereocenters. The van der Waals surface area contributed by atoms with Crippen LogP contribution in [0.1, 0.15) is 21.0 Å². The van der Waals surface area contributed by atoms with Gasteiger partial charge in [0.2, 0.25) is 0 Å². The Kier molecular flexibility index (Phi) is 9.40. The lowest BCUT2D eigenvalue weighted by Gasteiger charge is -2.34. The van der Waals surface area contributed by atoms with Crippen molar-refractivity contribution in [2.24, 2.45) is 0 Å². The van der Waals surface area contributed by atoms with E-state index < -0.39 is 0 Å². The van der Waals surface area contributed by atoms with Crippen LogP contribution in [-0.4, -0.2) is 108 Å². The highest BCUT2D eigenvalue weighted by atomic mass is 79.9. The number of aromatic nitrogens is 4. The monoisotopic (exact) mass is 568 g/mol. The van der Waals surface area contributed by atoms with Crippen LogP contribution >= 0.6 is 15.9 Å². The SMILES string of the molecule is CN1CCN(c2cccc3nc(C=O)cn23)CC1.CN1CCNCC1.O=Cc1cn2c(Br)cccc2n1. The molecule has 11 heteroatoms. The molecule has 2 aliphatic rings. The number of hydrogen-bond acceptors (Lipinski definition) is 8. The fraction of sp³-hybridized carbons (Fsp3) is 0.385. The minimum atomic E-state index is 0.446. The lowest BCUT2D eigenvalue weighted by atomic mass is 10.3. The number of anilines is 1. The second-order valence-electron chi connectivity index (χ2n) is 9.10. The fourth-order valence-corrected chi connectivity index (χ4v) is 4.63. The van der Waals surface area contributed by atoms with Crippen molar-refractivity contribution in [2.45, 2.75) is 0 Å². The van der Waals surface area contributed by atoms with E-state index in [1.54, 1.807) is 12.4 Å². The summed E-state index contributed by atoms with van der Waals surface area (Å²) in [4.78, 5) is 36.5. The maximum Gasteiger partial charge on any atom is 0.170 e. The van der Waals surface area contributed by atoms with Gasteiger partial charge in [0.15, 0.2) is 12.6 Å². The third-order valence-corrected chi connectivity index (χ3v) is 7.01. The van der Waals surface area contributed by atoms with Gasteiger partial charge in [0, 0.05) is 64.8 Å². The number of imidazole rings is 2. The van der Waals surface area contributed by atoms with Crippen LogP contribution in [-0.2, 0) is 0 Å². The van der Waals surface area contributed by atoms with Crippen LogP contribution in [0.15, 0.2) is 53.4 Å². The van der Waals surface area contributed by atoms with Crippen LogP contribution in [0.2, 0.25) is 0 Å². The second kappa shape index (κ2) is 12.9. The molecule has 0 bridgehead atoms. The number of halogens is 1. The Hall–Kier alpha value is -3.12. The zero-order valence-corrected chi connectivity index (χ0v) is 22.8. The van der Waals surface area contributed by atoms with Gasteiger partial charge in [-0.2, -0.15) is 0 Å². The molecule has 0 aliphatic carbocycles. The Morgan fingerprint density at radius 1 is 0.757 bits per heavy atom. The number of carbonyl (C=O) groups excluding carboxylic acids is 2. The molecule has 0 amide bonds. The maximum atomic E-state index is 10.8. The normalized spacial score (nSPS) is 16.6. The second-order valence-corrected chi connectivity index (χ2v) is 9.91. The number of hydrogen-bond donors (Lipinski definition) is 1. The predicted octanol–water partition coefficient (Wildman–Crippen LogP) is 2.33. The summed E-state index contributed by atoms with van der Waals surface area (Å²) in [5.74, 6) is 1.11. The molecule has 2 fully saturated rings. The number of pyridine rings is 2. The predicted molar refractivity (Wildman–Crippen MR) is 149 cm³/mol. The summed E-state index contributed by atoms with van der Waals surface area (Å²) in [5, 5.41) is 3.27. The Bertz CT molecular complexity index is 1320. The summed E-state index contributed by atoms with van der Waals surface area (Å²) in [5.41, 5.74) is 2.53. The molecule has 0 radical (unpaired) electrons. The van der Waals surface area contributed by atoms with Gasteiger partial charge in [-0.15, -0.1) is 0 Å². The third kappa shape index (κ3) is 7.01. The lowest BCUT2D eigenvalue weighted by Crippen LogP contribution is -2.45. The Morgan fingerprint density at radius 2 is 1.30 bits per heavy atom. The molecule has 0 spiro atoms. The first-order chi connectivity index (χ1) is 18.0. The third-order valence-electron chi connectivity index (χ3n) is 6.36. The summed E-state index contributed by atoms with van der Waals surface area (Å²) in [6.45, 7) is 8.87. The first-order valence-corrected chi connectivity index (χ1v) is 13.1. The first-order valence-electron chi connectivity index (χ1n) is 12.3. The van der Waals surface area contributed by atoms with E-state index in [9.17, 15) is 9.59 Å². The molecule has 2 aliphatic heterocycles. The molecule has 4 aromatic rings. The molecular formula is C26H33BrN8O2. The average molecular weight is 570 g/mol. The van der Waals surface area contributed by atoms with Gasteiger partial charge in [-0.05, 0) is 54.3 Å². The molecular weight excluding hydrogens is 536 g/mol. The molecule has 2 saturated heterocycles. The molecule has 4 aromatic heterocycles. The molecule has 1 N–H and O–H groups in total. The van der Waals surface area contributed by atoms with E-state index in [-0.39, 0.29) is 0 Å². The van der Waals surface area contributed by atoms with Crippen molar-refractivity contribution in [3.8, 4) is 0 Å². The van der Waals surface area contributed by atoms with Crippen molar-refractivity contribution in [1.29, 1.82) is 0 Å². The van der Waals surface area contributed by atoms with Crippen molar-refractivity contribution in [3.63, 3.8) is 0 Å². The highest BCUT2D eigenvalue weighted by molar-refractivity contribution is 9.10. The molecule has 196 valence electrons. The van der Waals surface area contributed by atoms with Crippen LogP contribution < -0.4 is 10.2 Å². The van der Waals surface area contributed by atoms with Gasteiger partial charge in [-0.25, -0.2) is 9.97 Å². The minimum absolute atomic E-state index is 0.446. The summed E-state index contributed by atoms with van der Waals surface area (Å²) >= 11 is 3.35. The number of aldehydes is 2. The fourth-order valence-electron chi connectivity index (χ4n) is 4.19. The minimum Gasteiger partial charge on any atom is -0.355 e. The zero-order valence-electron chi connectivity index (χ0n) is 21.3. The Balaban J connectivity index is 0.000000144. The maximum absolute atomic E-state index is 10.8. The molecule has 6 heterocycles. The average Bonchev–Trinajstić information content (AvgIpc) is 3.55. The van der Waals surface area contributed by atoms with E-state index in [1.807, 2.05) is 39.1 Å². The van der Waals surface area contributed by atoms with E-state index in [0.29, 0.717) is 11.4 Å². The van der Waals surface area contributed by atoms with Crippen LogP contribution in [0.25, 0.3) is 11.3 Å². The summed E-state index contributed by atoms with van der Waals surface area (Å²) in [7, 11) is 4.29. The standard InChI is InChI=1S/C13H16N4O.C8H5BrN2O.C5H12N2/c1-15-5-7-16(8-6-15)13-4-2-3-12-14-11(10-18)9-17(12)13;9-7-2-1-3-8-10-6(5-12)4-11(7)8;1-7-4-2-6-3-5-7/h2-4,9-10H,5-8H2,1H3;1-5H;6H,2-5H2,1H3. The molecule has 0 aromatic carbocycles. The van der Waals surface area contributed by atoms with E-state index in [2.05, 4.69) is 66.1 Å². The first kappa shape index (κ1) is 26.9. The van der Waals surface area contributed by atoms with Crippen molar-refractivity contribution in [2.75, 3.05) is 71.4 Å². The smallest absolute Gasteiger partial charge is 0.170 e. The molecule has 10 nitrogen and oxygen atoms in total. The number of rotatable bonds is 3. The quantitative estimate of drug-likeness (QED) is 0.297. The molecule has 37 heavy (non-hydrogen) atoms. The van der Waals surface area contributed by atoms with E-state index in [0.717, 1.165) is 73.6 Å². The highest BCUT2D eigenvalue weighted by Crippen LogP contribution is 2.19. The summed E-state index contributed by atoms with van der Waals surface area (Å²) in [6.07, 6.45) is 5.02. The number of nitrogens with zero attached hydrogens (tertiary/aromatic N) is 7. The van der Waals surface area contributed by atoms with Gasteiger partial charge in [-0.3, -0.25) is 18.4 Å². The summed E-state index contributed by atoms with van der Waals surface area (Å²) in [6, 6.07) is 11.6. The highest BCUT2D eigenvalue weighted by Gasteiger charge is 2.16. The number of fused-ring (bicyclic) bond motifs is 2. The van der Waals surface area contributed by atoms with E-state index >= 15 is 0 Å². The van der Waals surface area contributed by atoms with Crippen molar-refractivity contribution in [1.82, 2.24) is 33.9 Å². The molecule has 0 saturated carbocycles. The van der Waals surface area contributed by atoms with Gasteiger partial charge in [0.05, 0.1) is 4.60 Å². The van der Waals surface area contributed by atoms with Gasteiger partial charge in [-0.1, -0.05) is 12.1 Å². The van der Waals surface area contributed by atoms with Crippen LogP contribution in [0.5, 0.6) is 0 Å². The van der Waals surface area contributed by atoms with Crippen molar-refractivity contribution in [3.05, 3.63) is 64.8 Å². The largest absolute Gasteiger partial charge is 0.355 e. The van der Waals surface area contributed by atoms with Crippen LogP contribution in [0.4, 0.5) is 5.82 Å². The van der Waals surface area contributed by atoms with E-state index in [4.69, 9.17) is 0 Å². The topological polar surface area (TPSA) is 90.5 Å². The van der Waals surface area contributed by atoms with Crippen LogP contribution in [0.3, 0.4) is 0 Å². The van der Waals surface area contributed by atoms with Crippen molar-refractivity contribution >= 4 is 45.6 Å². The van der Waals surface area contributed by atoms with Crippen LogP contribution in [0, 0.1) is 0 Å². The number of carbonyl (C=O) groups is 2. The van der Waals surface area contributed by atoms with Gasteiger partial charge < -0.3 is 20.0 Å². The van der Waals surface area contributed by atoms with Gasteiger partial charge >= 0.3 is 0 Å². The van der Waals surface area contributed by atoms with Gasteiger partial charge in [0.1, 0.15) is 28.5 Å². The molecule has 6 rings (SSSR count). The van der Waals surface area contributed by atoms with Gasteiger partial charge in [0.25, 0.3) is 0 Å². The molecule has 0 atom stereocenters. The number of piperazine rings is 2. The Morgan fingerprint density at radius 3 is 1.84 bits per heavy atom. The zero-order chi connectivity index (χ0) is 26.2. The van der Waals surface area contributed by atoms with E-state index in [1.165, 1.54) is 13.1 Å². The lowest BCUT2D eigenvalue weighted by molar-refractivity contribution is 0.111. The summed E-state index contributed by atoms with van der Waals surface area (Å²) < 4.78 is 4.69. The number of nitrogens with one attached hydrogen (secondary N) is 1.